The number of rotatable bonds is 3. The van der Waals surface area contributed by atoms with E-state index >= 15 is 0 Å². The molecule has 0 bridgehead atoms. The first-order valence-electron chi connectivity index (χ1n) is 4.12. The number of aromatic nitrogens is 2. The zero-order valence-corrected chi connectivity index (χ0v) is 7.62. The number of hydrogen-bond donors (Lipinski definition) is 1. The highest BCUT2D eigenvalue weighted by atomic mass is 14.8. The summed E-state index contributed by atoms with van der Waals surface area (Å²) in [5.74, 6) is 0. The van der Waals surface area contributed by atoms with E-state index < -0.39 is 0 Å². The summed E-state index contributed by atoms with van der Waals surface area (Å²) in [6, 6.07) is 1.92. The SMILES string of the molecule is CC(C)(N)CCc1ccncn1. The number of hydrogen-bond acceptors (Lipinski definition) is 3. The van der Waals surface area contributed by atoms with Crippen LogP contribution in [-0.2, 0) is 6.42 Å². The van der Waals surface area contributed by atoms with Crippen molar-refractivity contribution in [2.75, 3.05) is 0 Å². The molecule has 0 aliphatic carbocycles. The quantitative estimate of drug-likeness (QED) is 0.730. The van der Waals surface area contributed by atoms with Crippen molar-refractivity contribution in [1.29, 1.82) is 0 Å². The lowest BCUT2D eigenvalue weighted by molar-refractivity contribution is 0.474. The van der Waals surface area contributed by atoms with Crippen LogP contribution in [0.4, 0.5) is 0 Å². The van der Waals surface area contributed by atoms with E-state index in [0.717, 1.165) is 18.5 Å². The highest BCUT2D eigenvalue weighted by molar-refractivity contribution is 4.98. The standard InChI is InChI=1S/C9H15N3/c1-9(2,10)5-3-8-4-6-11-7-12-8/h4,6-7H,3,5,10H2,1-2H3. The van der Waals surface area contributed by atoms with Gasteiger partial charge in [0.15, 0.2) is 0 Å². The summed E-state index contributed by atoms with van der Waals surface area (Å²) in [6.45, 7) is 4.04. The van der Waals surface area contributed by atoms with Gasteiger partial charge in [0.05, 0.1) is 0 Å². The highest BCUT2D eigenvalue weighted by Gasteiger charge is 2.10. The van der Waals surface area contributed by atoms with Crippen LogP contribution in [0.1, 0.15) is 26.0 Å². The molecular weight excluding hydrogens is 150 g/mol. The molecule has 1 aromatic rings. The molecule has 12 heavy (non-hydrogen) atoms. The molecule has 0 saturated heterocycles. The van der Waals surface area contributed by atoms with Crippen LogP contribution in [0, 0.1) is 0 Å². The molecule has 0 aliphatic rings. The van der Waals surface area contributed by atoms with Crippen LogP contribution in [0.2, 0.25) is 0 Å². The second kappa shape index (κ2) is 3.63. The number of nitrogens with two attached hydrogens (primary N) is 1. The van der Waals surface area contributed by atoms with Crippen LogP contribution in [0.25, 0.3) is 0 Å². The van der Waals surface area contributed by atoms with Crippen LogP contribution < -0.4 is 5.73 Å². The summed E-state index contributed by atoms with van der Waals surface area (Å²) < 4.78 is 0. The minimum Gasteiger partial charge on any atom is -0.326 e. The van der Waals surface area contributed by atoms with Gasteiger partial charge >= 0.3 is 0 Å². The van der Waals surface area contributed by atoms with E-state index in [1.807, 2.05) is 19.9 Å². The predicted octanol–water partition coefficient (Wildman–Crippen LogP) is 1.15. The Morgan fingerprint density at radius 1 is 1.50 bits per heavy atom. The van der Waals surface area contributed by atoms with Gasteiger partial charge in [0.25, 0.3) is 0 Å². The highest BCUT2D eigenvalue weighted by Crippen LogP contribution is 2.07. The largest absolute Gasteiger partial charge is 0.326 e. The predicted molar refractivity (Wildman–Crippen MR) is 48.6 cm³/mol. The first kappa shape index (κ1) is 9.13. The summed E-state index contributed by atoms with van der Waals surface area (Å²) in [5, 5.41) is 0. The third-order valence-electron chi connectivity index (χ3n) is 1.67. The molecule has 0 saturated carbocycles. The fourth-order valence-electron chi connectivity index (χ4n) is 0.916. The van der Waals surface area contributed by atoms with Gasteiger partial charge in [-0.05, 0) is 32.8 Å². The third-order valence-corrected chi connectivity index (χ3v) is 1.67. The van der Waals surface area contributed by atoms with E-state index in [4.69, 9.17) is 5.73 Å². The van der Waals surface area contributed by atoms with Gasteiger partial charge < -0.3 is 5.73 Å². The Kier molecular flexibility index (Phi) is 2.76. The lowest BCUT2D eigenvalue weighted by Crippen LogP contribution is -2.32. The molecule has 66 valence electrons. The Balaban J connectivity index is 2.44. The van der Waals surface area contributed by atoms with E-state index in [1.165, 1.54) is 0 Å². The lowest BCUT2D eigenvalue weighted by Gasteiger charge is -2.17. The molecule has 1 heterocycles. The van der Waals surface area contributed by atoms with Crippen molar-refractivity contribution in [1.82, 2.24) is 9.97 Å². The monoisotopic (exact) mass is 165 g/mol. The Bertz CT molecular complexity index is 225. The van der Waals surface area contributed by atoms with Crippen LogP contribution in [0.5, 0.6) is 0 Å². The average molecular weight is 165 g/mol. The molecule has 0 radical (unpaired) electrons. The minimum atomic E-state index is -0.106. The second-order valence-electron chi connectivity index (χ2n) is 3.69. The van der Waals surface area contributed by atoms with E-state index in [-0.39, 0.29) is 5.54 Å². The Labute approximate surface area is 73.0 Å². The Morgan fingerprint density at radius 3 is 2.75 bits per heavy atom. The van der Waals surface area contributed by atoms with Crippen LogP contribution >= 0.6 is 0 Å². The normalized spacial score (nSPS) is 11.6. The van der Waals surface area contributed by atoms with Gasteiger partial charge in [-0.25, -0.2) is 9.97 Å². The number of nitrogens with zero attached hydrogens (tertiary/aromatic N) is 2. The van der Waals surface area contributed by atoms with E-state index in [9.17, 15) is 0 Å². The summed E-state index contributed by atoms with van der Waals surface area (Å²) in [5.41, 5.74) is 6.79. The van der Waals surface area contributed by atoms with Crippen molar-refractivity contribution < 1.29 is 0 Å². The molecule has 1 rings (SSSR count). The van der Waals surface area contributed by atoms with E-state index in [2.05, 4.69) is 9.97 Å². The minimum absolute atomic E-state index is 0.106. The molecule has 0 aromatic carbocycles. The van der Waals surface area contributed by atoms with Gasteiger partial charge in [0.1, 0.15) is 6.33 Å². The number of aryl methyl sites for hydroxylation is 1. The van der Waals surface area contributed by atoms with Crippen molar-refractivity contribution in [2.24, 2.45) is 5.73 Å². The van der Waals surface area contributed by atoms with Crippen LogP contribution in [0.15, 0.2) is 18.6 Å². The van der Waals surface area contributed by atoms with E-state index in [1.54, 1.807) is 12.5 Å². The molecule has 0 spiro atoms. The molecule has 2 N–H and O–H groups in total. The molecule has 1 aromatic heterocycles. The van der Waals surface area contributed by atoms with Crippen molar-refractivity contribution in [3.05, 3.63) is 24.3 Å². The molecular formula is C9H15N3. The maximum absolute atomic E-state index is 5.84. The second-order valence-corrected chi connectivity index (χ2v) is 3.69. The van der Waals surface area contributed by atoms with Crippen LogP contribution in [-0.4, -0.2) is 15.5 Å². The molecule has 3 heteroatoms. The van der Waals surface area contributed by atoms with E-state index in [0.29, 0.717) is 0 Å². The topological polar surface area (TPSA) is 51.8 Å². The van der Waals surface area contributed by atoms with Crippen molar-refractivity contribution >= 4 is 0 Å². The molecule has 3 nitrogen and oxygen atoms in total. The molecule has 0 fully saturated rings. The Hall–Kier alpha value is -0.960. The van der Waals surface area contributed by atoms with Crippen molar-refractivity contribution in [3.8, 4) is 0 Å². The van der Waals surface area contributed by atoms with Gasteiger partial charge in [-0.3, -0.25) is 0 Å². The Morgan fingerprint density at radius 2 is 2.25 bits per heavy atom. The van der Waals surface area contributed by atoms with Gasteiger partial charge in [0, 0.05) is 17.4 Å². The van der Waals surface area contributed by atoms with Gasteiger partial charge in [0.2, 0.25) is 0 Å². The third kappa shape index (κ3) is 3.44. The average Bonchev–Trinajstić information content (AvgIpc) is 2.02. The van der Waals surface area contributed by atoms with Gasteiger partial charge in [-0.15, -0.1) is 0 Å². The van der Waals surface area contributed by atoms with Gasteiger partial charge in [-0.2, -0.15) is 0 Å². The first-order valence-corrected chi connectivity index (χ1v) is 4.12. The smallest absolute Gasteiger partial charge is 0.115 e. The van der Waals surface area contributed by atoms with Crippen LogP contribution in [0.3, 0.4) is 0 Å². The summed E-state index contributed by atoms with van der Waals surface area (Å²) >= 11 is 0. The molecule has 0 atom stereocenters. The molecule has 0 amide bonds. The maximum atomic E-state index is 5.84. The maximum Gasteiger partial charge on any atom is 0.115 e. The van der Waals surface area contributed by atoms with Gasteiger partial charge in [-0.1, -0.05) is 0 Å². The zero-order valence-electron chi connectivity index (χ0n) is 7.62. The molecule has 0 unspecified atom stereocenters. The zero-order chi connectivity index (χ0) is 9.03. The van der Waals surface area contributed by atoms with Crippen molar-refractivity contribution in [2.45, 2.75) is 32.2 Å². The lowest BCUT2D eigenvalue weighted by atomic mass is 9.99. The first-order chi connectivity index (χ1) is 5.58. The summed E-state index contributed by atoms with van der Waals surface area (Å²) in [6.07, 6.45) is 5.20. The fourth-order valence-corrected chi connectivity index (χ4v) is 0.916. The molecule has 0 aliphatic heterocycles. The summed E-state index contributed by atoms with van der Waals surface area (Å²) in [7, 11) is 0. The fraction of sp³-hybridized carbons (Fsp3) is 0.556. The van der Waals surface area contributed by atoms with Crippen molar-refractivity contribution in [3.63, 3.8) is 0 Å². The summed E-state index contributed by atoms with van der Waals surface area (Å²) in [4.78, 5) is 7.96.